The molecule has 0 amide bonds. The zero-order valence-corrected chi connectivity index (χ0v) is 12.9. The Labute approximate surface area is 129 Å². The Hall–Kier alpha value is -2.40. The van der Waals surface area contributed by atoms with Crippen LogP contribution in [0.25, 0.3) is 11.0 Å². The minimum atomic E-state index is -0.421. The lowest BCUT2D eigenvalue weighted by Crippen LogP contribution is -2.29. The molecule has 0 spiro atoms. The van der Waals surface area contributed by atoms with E-state index in [4.69, 9.17) is 4.74 Å². The van der Waals surface area contributed by atoms with Gasteiger partial charge in [0.15, 0.2) is 0 Å². The van der Waals surface area contributed by atoms with Crippen LogP contribution in [-0.2, 0) is 5.54 Å². The maximum absolute atomic E-state index is 9.57. The Bertz CT molecular complexity index is 791. The number of nitrogens with zero attached hydrogens (tertiary/aromatic N) is 3. The van der Waals surface area contributed by atoms with Crippen LogP contribution in [0.5, 0.6) is 11.6 Å². The fraction of sp³-hybridized carbons (Fsp3) is 0.294. The Kier molecular flexibility index (Phi) is 3.58. The van der Waals surface area contributed by atoms with Crippen molar-refractivity contribution in [2.45, 2.75) is 26.3 Å². The number of hydrogen-bond acceptors (Lipinski definition) is 4. The van der Waals surface area contributed by atoms with Gasteiger partial charge in [-0.2, -0.15) is 0 Å². The number of aliphatic hydroxyl groups is 1. The number of benzene rings is 1. The van der Waals surface area contributed by atoms with Crippen LogP contribution in [0.4, 0.5) is 0 Å². The molecule has 1 N–H and O–H groups in total. The van der Waals surface area contributed by atoms with Gasteiger partial charge in [0.05, 0.1) is 29.5 Å². The largest absolute Gasteiger partial charge is 0.439 e. The van der Waals surface area contributed by atoms with Crippen molar-refractivity contribution in [2.24, 2.45) is 0 Å². The van der Waals surface area contributed by atoms with E-state index in [9.17, 15) is 5.11 Å². The normalized spacial score (nSPS) is 11.8. The molecule has 0 radical (unpaired) electrons. The lowest BCUT2D eigenvalue weighted by molar-refractivity contribution is 0.168. The molecular weight excluding hydrogens is 278 g/mol. The minimum Gasteiger partial charge on any atom is -0.439 e. The molecular formula is C17H19N3O2. The molecule has 0 saturated heterocycles. The first-order chi connectivity index (χ1) is 10.5. The fourth-order valence-electron chi connectivity index (χ4n) is 2.24. The summed E-state index contributed by atoms with van der Waals surface area (Å²) in [5.41, 5.74) is 2.45. The highest BCUT2D eigenvalue weighted by atomic mass is 16.5. The molecule has 5 heteroatoms. The Morgan fingerprint density at radius 1 is 1.18 bits per heavy atom. The first-order valence-electron chi connectivity index (χ1n) is 7.18. The van der Waals surface area contributed by atoms with Gasteiger partial charge in [0.1, 0.15) is 5.75 Å². The van der Waals surface area contributed by atoms with Crippen LogP contribution in [0.15, 0.2) is 42.9 Å². The third-order valence-electron chi connectivity index (χ3n) is 3.66. The van der Waals surface area contributed by atoms with E-state index in [-0.39, 0.29) is 6.61 Å². The van der Waals surface area contributed by atoms with Gasteiger partial charge in [-0.25, -0.2) is 9.97 Å². The molecule has 0 saturated carbocycles. The number of aromatic nitrogens is 3. The molecule has 1 aromatic carbocycles. The Morgan fingerprint density at radius 3 is 2.68 bits per heavy atom. The maximum Gasteiger partial charge on any atom is 0.219 e. The standard InChI is InChI=1S/C17H19N3O2/c1-12-4-7-16(18-9-12)22-13-5-6-14-15(8-13)20(11-19-14)17(2,3)10-21/h4-9,11,21H,10H2,1-3H3. The van der Waals surface area contributed by atoms with Gasteiger partial charge in [-0.15, -0.1) is 0 Å². The van der Waals surface area contributed by atoms with Gasteiger partial charge in [-0.05, 0) is 38.5 Å². The van der Waals surface area contributed by atoms with Gasteiger partial charge in [-0.3, -0.25) is 0 Å². The van der Waals surface area contributed by atoms with Crippen molar-refractivity contribution in [3.63, 3.8) is 0 Å². The van der Waals surface area contributed by atoms with Crippen LogP contribution < -0.4 is 4.74 Å². The van der Waals surface area contributed by atoms with Crippen LogP contribution in [0, 0.1) is 6.92 Å². The second kappa shape index (κ2) is 5.42. The van der Waals surface area contributed by atoms with Gasteiger partial charge in [-0.1, -0.05) is 6.07 Å². The highest BCUT2D eigenvalue weighted by Crippen LogP contribution is 2.27. The van der Waals surface area contributed by atoms with Crippen molar-refractivity contribution in [3.05, 3.63) is 48.4 Å². The van der Waals surface area contributed by atoms with Gasteiger partial charge >= 0.3 is 0 Å². The summed E-state index contributed by atoms with van der Waals surface area (Å²) in [5.74, 6) is 1.25. The van der Waals surface area contributed by atoms with E-state index in [2.05, 4.69) is 9.97 Å². The van der Waals surface area contributed by atoms with Crippen molar-refractivity contribution in [3.8, 4) is 11.6 Å². The smallest absolute Gasteiger partial charge is 0.219 e. The first-order valence-corrected chi connectivity index (χ1v) is 7.18. The van der Waals surface area contributed by atoms with Crippen molar-refractivity contribution in [1.82, 2.24) is 14.5 Å². The van der Waals surface area contributed by atoms with Gasteiger partial charge < -0.3 is 14.4 Å². The number of rotatable bonds is 4. The number of ether oxygens (including phenoxy) is 1. The molecule has 3 rings (SSSR count). The molecule has 0 aliphatic heterocycles. The lowest BCUT2D eigenvalue weighted by atomic mass is 10.1. The second-order valence-corrected chi connectivity index (χ2v) is 6.01. The monoisotopic (exact) mass is 297 g/mol. The molecule has 0 aliphatic carbocycles. The third kappa shape index (κ3) is 2.67. The molecule has 0 unspecified atom stereocenters. The molecule has 0 aliphatic rings. The number of aryl methyl sites for hydroxylation is 1. The molecule has 114 valence electrons. The predicted molar refractivity (Wildman–Crippen MR) is 85.2 cm³/mol. The first kappa shape index (κ1) is 14.5. The number of fused-ring (bicyclic) bond motifs is 1. The van der Waals surface area contributed by atoms with Gasteiger partial charge in [0, 0.05) is 18.3 Å². The number of aliphatic hydroxyl groups excluding tert-OH is 1. The molecule has 2 aromatic heterocycles. The van der Waals surface area contributed by atoms with E-state index in [1.165, 1.54) is 0 Å². The highest BCUT2D eigenvalue weighted by molar-refractivity contribution is 5.77. The summed E-state index contributed by atoms with van der Waals surface area (Å²) in [6.07, 6.45) is 3.52. The summed E-state index contributed by atoms with van der Waals surface area (Å²) in [6, 6.07) is 9.49. The molecule has 3 aromatic rings. The zero-order valence-electron chi connectivity index (χ0n) is 12.9. The predicted octanol–water partition coefficient (Wildman–Crippen LogP) is 3.26. The molecule has 0 fully saturated rings. The molecule has 0 atom stereocenters. The van der Waals surface area contributed by atoms with E-state index in [1.54, 1.807) is 12.5 Å². The fourth-order valence-corrected chi connectivity index (χ4v) is 2.24. The third-order valence-corrected chi connectivity index (χ3v) is 3.66. The van der Waals surface area contributed by atoms with Crippen LogP contribution >= 0.6 is 0 Å². The average molecular weight is 297 g/mol. The Balaban J connectivity index is 1.98. The van der Waals surface area contributed by atoms with E-state index in [0.29, 0.717) is 11.6 Å². The highest BCUT2D eigenvalue weighted by Gasteiger charge is 2.21. The average Bonchev–Trinajstić information content (AvgIpc) is 2.93. The SMILES string of the molecule is Cc1ccc(Oc2ccc3ncn(C(C)(C)CO)c3c2)nc1. The van der Waals surface area contributed by atoms with E-state index < -0.39 is 5.54 Å². The molecule has 0 bridgehead atoms. The summed E-state index contributed by atoms with van der Waals surface area (Å²) in [5, 5.41) is 9.57. The Morgan fingerprint density at radius 2 is 2.00 bits per heavy atom. The zero-order chi connectivity index (χ0) is 15.7. The van der Waals surface area contributed by atoms with E-state index in [1.807, 2.05) is 55.7 Å². The van der Waals surface area contributed by atoms with Crippen LogP contribution in [0.1, 0.15) is 19.4 Å². The van der Waals surface area contributed by atoms with Crippen LogP contribution in [0.2, 0.25) is 0 Å². The van der Waals surface area contributed by atoms with E-state index >= 15 is 0 Å². The van der Waals surface area contributed by atoms with Crippen molar-refractivity contribution in [1.29, 1.82) is 0 Å². The van der Waals surface area contributed by atoms with Crippen molar-refractivity contribution in [2.75, 3.05) is 6.61 Å². The number of hydrogen-bond donors (Lipinski definition) is 1. The maximum atomic E-state index is 9.57. The quantitative estimate of drug-likeness (QED) is 0.803. The van der Waals surface area contributed by atoms with E-state index in [0.717, 1.165) is 16.6 Å². The summed E-state index contributed by atoms with van der Waals surface area (Å²) in [7, 11) is 0. The van der Waals surface area contributed by atoms with Crippen LogP contribution in [-0.4, -0.2) is 26.2 Å². The summed E-state index contributed by atoms with van der Waals surface area (Å²) < 4.78 is 7.75. The van der Waals surface area contributed by atoms with Crippen molar-refractivity contribution < 1.29 is 9.84 Å². The van der Waals surface area contributed by atoms with Gasteiger partial charge in [0.25, 0.3) is 0 Å². The van der Waals surface area contributed by atoms with Gasteiger partial charge in [0.2, 0.25) is 5.88 Å². The molecule has 22 heavy (non-hydrogen) atoms. The van der Waals surface area contributed by atoms with Crippen LogP contribution in [0.3, 0.4) is 0 Å². The molecule has 2 heterocycles. The number of pyridine rings is 1. The van der Waals surface area contributed by atoms with Crippen molar-refractivity contribution >= 4 is 11.0 Å². The molecule has 5 nitrogen and oxygen atoms in total. The lowest BCUT2D eigenvalue weighted by Gasteiger charge is -2.24. The summed E-state index contributed by atoms with van der Waals surface area (Å²) in [4.78, 5) is 8.62. The summed E-state index contributed by atoms with van der Waals surface area (Å²) >= 11 is 0. The second-order valence-electron chi connectivity index (χ2n) is 6.01. The topological polar surface area (TPSA) is 60.2 Å². The number of imidazole rings is 1. The minimum absolute atomic E-state index is 0.0308. The summed E-state index contributed by atoms with van der Waals surface area (Å²) in [6.45, 7) is 5.94.